The molecule has 4 aromatic rings. The van der Waals surface area contributed by atoms with E-state index in [0.717, 1.165) is 31.2 Å². The Morgan fingerprint density at radius 1 is 1.13 bits per heavy atom. The summed E-state index contributed by atoms with van der Waals surface area (Å²) in [6.07, 6.45) is 6.90. The molecule has 194 valence electrons. The van der Waals surface area contributed by atoms with E-state index in [1.807, 2.05) is 18.2 Å². The molecular weight excluding hydrogens is 570 g/mol. The van der Waals surface area contributed by atoms with E-state index in [0.29, 0.717) is 37.5 Å². The van der Waals surface area contributed by atoms with Gasteiger partial charge in [-0.05, 0) is 70.7 Å². The number of rotatable bonds is 7. The number of hydrogen-bond donors (Lipinski definition) is 1. The first-order valence-corrected chi connectivity index (χ1v) is 13.6. The minimum Gasteiger partial charge on any atom is -0.487 e. The Morgan fingerprint density at radius 2 is 1.87 bits per heavy atom. The molecule has 0 amide bonds. The van der Waals surface area contributed by atoms with Crippen LogP contribution >= 0.6 is 27.5 Å². The molecule has 1 fully saturated rings. The number of nitrogens with zero attached hydrogens (tertiary/aromatic N) is 3. The van der Waals surface area contributed by atoms with Crippen molar-refractivity contribution in [2.24, 2.45) is 5.10 Å². The van der Waals surface area contributed by atoms with E-state index in [2.05, 4.69) is 21.0 Å². The van der Waals surface area contributed by atoms with Gasteiger partial charge in [0.05, 0.1) is 27.2 Å². The lowest BCUT2D eigenvalue weighted by Gasteiger charge is -2.22. The lowest BCUT2D eigenvalue weighted by atomic mass is 9.88. The van der Waals surface area contributed by atoms with Crippen LogP contribution in [0.1, 0.15) is 65.3 Å². The maximum atomic E-state index is 13.5. The van der Waals surface area contributed by atoms with Crippen molar-refractivity contribution in [3.8, 4) is 5.75 Å². The summed E-state index contributed by atoms with van der Waals surface area (Å²) in [5.74, 6) is 0.351. The predicted octanol–water partition coefficient (Wildman–Crippen LogP) is 7.02. The highest BCUT2D eigenvalue weighted by molar-refractivity contribution is 9.10. The van der Waals surface area contributed by atoms with Crippen LogP contribution in [-0.2, 0) is 6.61 Å². The van der Waals surface area contributed by atoms with Crippen LogP contribution in [0.5, 0.6) is 5.75 Å². The van der Waals surface area contributed by atoms with Crippen LogP contribution in [0.25, 0.3) is 10.9 Å². The number of aromatic nitrogens is 2. The number of carboxylic acids is 1. The van der Waals surface area contributed by atoms with Gasteiger partial charge in [0.2, 0.25) is 0 Å². The summed E-state index contributed by atoms with van der Waals surface area (Å²) in [6, 6.07) is 17.3. The van der Waals surface area contributed by atoms with Crippen LogP contribution in [0, 0.1) is 0 Å². The molecule has 0 bridgehead atoms. The SMILES string of the molecule is O=C(O)c1ccc(COc2c(Br)cc(Cl)cc2C=Nn2c(C3CCCCC3)nc3ccccc3c2=O)cc1. The zero-order valence-electron chi connectivity index (χ0n) is 20.4. The fraction of sp³-hybridized carbons (Fsp3) is 0.241. The van der Waals surface area contributed by atoms with Crippen molar-refractivity contribution < 1.29 is 14.6 Å². The van der Waals surface area contributed by atoms with Gasteiger partial charge in [-0.3, -0.25) is 4.79 Å². The third-order valence-electron chi connectivity index (χ3n) is 6.68. The molecule has 3 aromatic carbocycles. The topological polar surface area (TPSA) is 93.8 Å². The normalized spacial score (nSPS) is 14.3. The molecule has 0 saturated heterocycles. The molecule has 1 heterocycles. The van der Waals surface area contributed by atoms with Crippen LogP contribution in [0.15, 0.2) is 75.0 Å². The predicted molar refractivity (Wildman–Crippen MR) is 152 cm³/mol. The number of ether oxygens (including phenoxy) is 1. The number of hydrogen-bond acceptors (Lipinski definition) is 5. The van der Waals surface area contributed by atoms with E-state index in [4.69, 9.17) is 26.4 Å². The first-order valence-electron chi connectivity index (χ1n) is 12.4. The van der Waals surface area contributed by atoms with Crippen molar-refractivity contribution >= 4 is 50.6 Å². The third kappa shape index (κ3) is 5.66. The zero-order chi connectivity index (χ0) is 26.6. The van der Waals surface area contributed by atoms with Gasteiger partial charge in [0.25, 0.3) is 5.56 Å². The summed E-state index contributed by atoms with van der Waals surface area (Å²) >= 11 is 9.87. The maximum Gasteiger partial charge on any atom is 0.335 e. The fourth-order valence-corrected chi connectivity index (χ4v) is 5.67. The Kier molecular flexibility index (Phi) is 7.90. The van der Waals surface area contributed by atoms with Gasteiger partial charge in [0, 0.05) is 16.5 Å². The zero-order valence-corrected chi connectivity index (χ0v) is 22.8. The molecule has 1 saturated carbocycles. The molecule has 1 aliphatic carbocycles. The molecule has 1 aromatic heterocycles. The summed E-state index contributed by atoms with van der Waals surface area (Å²) in [7, 11) is 0. The Labute approximate surface area is 232 Å². The molecule has 0 atom stereocenters. The third-order valence-corrected chi connectivity index (χ3v) is 7.49. The molecule has 7 nitrogen and oxygen atoms in total. The number of carboxylic acid groups (broad SMARTS) is 1. The summed E-state index contributed by atoms with van der Waals surface area (Å²) < 4.78 is 8.15. The monoisotopic (exact) mass is 593 g/mol. The number of benzene rings is 3. The number of carbonyl (C=O) groups is 1. The van der Waals surface area contributed by atoms with Crippen molar-refractivity contribution in [3.05, 3.63) is 103 Å². The van der Waals surface area contributed by atoms with Crippen molar-refractivity contribution in [3.63, 3.8) is 0 Å². The summed E-state index contributed by atoms with van der Waals surface area (Å²) in [5.41, 5.74) is 2.05. The Hall–Kier alpha value is -3.49. The van der Waals surface area contributed by atoms with E-state index in [9.17, 15) is 9.59 Å². The van der Waals surface area contributed by atoms with Crippen molar-refractivity contribution in [2.75, 3.05) is 0 Å². The number of para-hydroxylation sites is 1. The molecule has 0 unspecified atom stereocenters. The van der Waals surface area contributed by atoms with Crippen LogP contribution < -0.4 is 10.3 Å². The first-order chi connectivity index (χ1) is 18.4. The van der Waals surface area contributed by atoms with E-state index in [1.54, 1.807) is 36.5 Å². The molecular formula is C29H25BrClN3O4. The molecule has 9 heteroatoms. The van der Waals surface area contributed by atoms with Gasteiger partial charge in [0.15, 0.2) is 0 Å². The maximum absolute atomic E-state index is 13.5. The van der Waals surface area contributed by atoms with Gasteiger partial charge in [-0.2, -0.15) is 9.78 Å². The minimum absolute atomic E-state index is 0.161. The lowest BCUT2D eigenvalue weighted by Crippen LogP contribution is -2.25. The van der Waals surface area contributed by atoms with E-state index < -0.39 is 5.97 Å². The fourth-order valence-electron chi connectivity index (χ4n) is 4.72. The molecule has 1 aliphatic rings. The average Bonchev–Trinajstić information content (AvgIpc) is 2.92. The standard InChI is InChI=1S/C29H25BrClN3O4/c30-24-15-22(31)14-21(26(24)38-17-18-10-12-20(13-11-18)29(36)37)16-32-34-27(19-6-2-1-3-7-19)33-25-9-5-4-8-23(25)28(34)35/h4-5,8-16,19H,1-3,6-7,17H2,(H,36,37). The van der Waals surface area contributed by atoms with E-state index in [1.165, 1.54) is 23.2 Å². The summed E-state index contributed by atoms with van der Waals surface area (Å²) in [5, 5.41) is 14.7. The largest absolute Gasteiger partial charge is 0.487 e. The second-order valence-electron chi connectivity index (χ2n) is 9.28. The van der Waals surface area contributed by atoms with E-state index in [-0.39, 0.29) is 23.6 Å². The molecule has 5 rings (SSSR count). The molecule has 0 spiro atoms. The second-order valence-corrected chi connectivity index (χ2v) is 10.6. The van der Waals surface area contributed by atoms with Crippen LogP contribution in [0.2, 0.25) is 5.02 Å². The summed E-state index contributed by atoms with van der Waals surface area (Å²) in [6.45, 7) is 0.200. The smallest absolute Gasteiger partial charge is 0.335 e. The van der Waals surface area contributed by atoms with Gasteiger partial charge < -0.3 is 9.84 Å². The van der Waals surface area contributed by atoms with Gasteiger partial charge in [-0.15, -0.1) is 0 Å². The van der Waals surface area contributed by atoms with E-state index >= 15 is 0 Å². The molecule has 0 radical (unpaired) electrons. The Bertz CT molecular complexity index is 1580. The van der Waals surface area contributed by atoms with Crippen molar-refractivity contribution in [1.29, 1.82) is 0 Å². The minimum atomic E-state index is -0.984. The molecule has 38 heavy (non-hydrogen) atoms. The molecule has 1 N–H and O–H groups in total. The van der Waals surface area contributed by atoms with Crippen LogP contribution in [0.4, 0.5) is 0 Å². The Balaban J connectivity index is 1.51. The second kappa shape index (κ2) is 11.5. The van der Waals surface area contributed by atoms with Gasteiger partial charge in [-0.25, -0.2) is 9.78 Å². The highest BCUT2D eigenvalue weighted by atomic mass is 79.9. The lowest BCUT2D eigenvalue weighted by molar-refractivity contribution is 0.0697. The van der Waals surface area contributed by atoms with Gasteiger partial charge in [0.1, 0.15) is 18.2 Å². The number of aromatic carboxylic acids is 1. The first kappa shape index (κ1) is 26.1. The van der Waals surface area contributed by atoms with Crippen molar-refractivity contribution in [2.45, 2.75) is 44.6 Å². The Morgan fingerprint density at radius 3 is 2.61 bits per heavy atom. The van der Waals surface area contributed by atoms with Crippen molar-refractivity contribution in [1.82, 2.24) is 9.66 Å². The number of fused-ring (bicyclic) bond motifs is 1. The summed E-state index contributed by atoms with van der Waals surface area (Å²) in [4.78, 5) is 29.5. The highest BCUT2D eigenvalue weighted by Gasteiger charge is 2.22. The van der Waals surface area contributed by atoms with Crippen LogP contribution in [0.3, 0.4) is 0 Å². The highest BCUT2D eigenvalue weighted by Crippen LogP contribution is 2.34. The van der Waals surface area contributed by atoms with Gasteiger partial charge >= 0.3 is 5.97 Å². The van der Waals surface area contributed by atoms with Gasteiger partial charge in [-0.1, -0.05) is 55.1 Å². The molecule has 0 aliphatic heterocycles. The van der Waals surface area contributed by atoms with Crippen LogP contribution in [-0.4, -0.2) is 27.0 Å². The quantitative estimate of drug-likeness (QED) is 0.232. The number of halogens is 2. The average molecular weight is 595 g/mol.